The van der Waals surface area contributed by atoms with Gasteiger partial charge in [0.1, 0.15) is 5.75 Å². The molecule has 1 amide bonds. The number of benzene rings is 2. The lowest BCUT2D eigenvalue weighted by atomic mass is 10.0. The molecule has 0 bridgehead atoms. The van der Waals surface area contributed by atoms with Crippen LogP contribution in [0.15, 0.2) is 47.4 Å². The molecule has 168 valence electrons. The number of ether oxygens (including phenoxy) is 1. The van der Waals surface area contributed by atoms with Gasteiger partial charge in [0, 0.05) is 18.7 Å². The van der Waals surface area contributed by atoms with Crippen molar-refractivity contribution in [3.63, 3.8) is 0 Å². The van der Waals surface area contributed by atoms with E-state index in [0.29, 0.717) is 31.2 Å². The van der Waals surface area contributed by atoms with Crippen molar-refractivity contribution in [2.75, 3.05) is 19.7 Å². The molecule has 1 aliphatic rings. The molecule has 1 atom stereocenters. The number of carbonyl (C=O) groups excluding carboxylic acids is 1. The second kappa shape index (κ2) is 9.83. The summed E-state index contributed by atoms with van der Waals surface area (Å²) in [7, 11) is -3.61. The lowest BCUT2D eigenvalue weighted by Gasteiger charge is -2.29. The van der Waals surface area contributed by atoms with E-state index >= 15 is 0 Å². The molecule has 1 fully saturated rings. The summed E-state index contributed by atoms with van der Waals surface area (Å²) >= 11 is 0. The van der Waals surface area contributed by atoms with Crippen molar-refractivity contribution in [1.29, 1.82) is 0 Å². The number of nitrogens with one attached hydrogen (secondary N) is 1. The van der Waals surface area contributed by atoms with Crippen LogP contribution in [0.2, 0.25) is 0 Å². The Morgan fingerprint density at radius 1 is 1.16 bits per heavy atom. The molecule has 3 rings (SSSR count). The first-order valence-corrected chi connectivity index (χ1v) is 12.3. The van der Waals surface area contributed by atoms with Crippen LogP contribution < -0.4 is 10.1 Å². The van der Waals surface area contributed by atoms with Gasteiger partial charge in [0.25, 0.3) is 5.91 Å². The maximum atomic E-state index is 13.1. The molecular weight excluding hydrogens is 412 g/mol. The van der Waals surface area contributed by atoms with Crippen LogP contribution in [0.4, 0.5) is 0 Å². The lowest BCUT2D eigenvalue weighted by Crippen LogP contribution is -2.38. The number of piperidine rings is 1. The van der Waals surface area contributed by atoms with Crippen LogP contribution in [0.25, 0.3) is 0 Å². The number of nitrogens with zero attached hydrogens (tertiary/aromatic N) is 1. The molecule has 0 aliphatic carbocycles. The van der Waals surface area contributed by atoms with Gasteiger partial charge in [0.05, 0.1) is 17.5 Å². The molecule has 31 heavy (non-hydrogen) atoms. The van der Waals surface area contributed by atoms with Crippen LogP contribution in [0, 0.1) is 12.8 Å². The molecule has 2 aromatic carbocycles. The lowest BCUT2D eigenvalue weighted by molar-refractivity contribution is 0.0939. The highest BCUT2D eigenvalue weighted by molar-refractivity contribution is 7.89. The molecule has 1 N–H and O–H groups in total. The third-order valence-electron chi connectivity index (χ3n) is 5.87. The van der Waals surface area contributed by atoms with E-state index in [1.165, 1.54) is 10.4 Å². The Bertz CT molecular complexity index is 1010. The first-order valence-electron chi connectivity index (χ1n) is 10.9. The minimum absolute atomic E-state index is 0.173. The highest BCUT2D eigenvalue weighted by atomic mass is 32.2. The fraction of sp³-hybridized carbons (Fsp3) is 0.458. The van der Waals surface area contributed by atoms with Crippen molar-refractivity contribution >= 4 is 15.9 Å². The van der Waals surface area contributed by atoms with Crippen LogP contribution in [-0.2, 0) is 10.0 Å². The van der Waals surface area contributed by atoms with E-state index in [1.807, 2.05) is 45.0 Å². The van der Waals surface area contributed by atoms with Gasteiger partial charge in [0.2, 0.25) is 10.0 Å². The van der Waals surface area contributed by atoms with Crippen LogP contribution >= 0.6 is 0 Å². The van der Waals surface area contributed by atoms with E-state index in [2.05, 4.69) is 12.2 Å². The van der Waals surface area contributed by atoms with Gasteiger partial charge in [-0.1, -0.05) is 25.1 Å². The smallest absolute Gasteiger partial charge is 0.252 e. The molecule has 1 aliphatic heterocycles. The van der Waals surface area contributed by atoms with Gasteiger partial charge in [-0.15, -0.1) is 0 Å². The first-order chi connectivity index (χ1) is 14.7. The maximum Gasteiger partial charge on any atom is 0.252 e. The third-order valence-corrected chi connectivity index (χ3v) is 7.77. The molecule has 0 spiro atoms. The van der Waals surface area contributed by atoms with E-state index in [0.717, 1.165) is 29.7 Å². The van der Waals surface area contributed by atoms with Crippen molar-refractivity contribution in [3.05, 3.63) is 59.2 Å². The normalized spacial score (nSPS) is 16.6. The van der Waals surface area contributed by atoms with Crippen molar-refractivity contribution in [1.82, 2.24) is 9.62 Å². The molecule has 0 saturated carbocycles. The third kappa shape index (κ3) is 5.46. The number of aryl methyl sites for hydroxylation is 1. The van der Waals surface area contributed by atoms with Gasteiger partial charge in [-0.25, -0.2) is 8.42 Å². The average molecular weight is 445 g/mol. The van der Waals surface area contributed by atoms with Gasteiger partial charge in [-0.2, -0.15) is 4.31 Å². The van der Waals surface area contributed by atoms with Crippen LogP contribution in [0.1, 0.15) is 61.1 Å². The van der Waals surface area contributed by atoms with Crippen LogP contribution in [-0.4, -0.2) is 38.3 Å². The monoisotopic (exact) mass is 444 g/mol. The molecule has 6 nitrogen and oxygen atoms in total. The standard InChI is InChI=1S/C24H32N2O4S/c1-5-30-21-9-7-20(8-10-21)19(4)25-24(27)23-16-22(11-6-18(23)3)31(28,29)26-14-12-17(2)13-15-26/h6-11,16-17,19H,5,12-15H2,1-4H3,(H,25,27)/t19-/m1/s1. The van der Waals surface area contributed by atoms with Crippen molar-refractivity contribution in [2.45, 2.75) is 51.5 Å². The topological polar surface area (TPSA) is 75.7 Å². The van der Waals surface area contributed by atoms with Crippen molar-refractivity contribution in [3.8, 4) is 5.75 Å². The zero-order chi connectivity index (χ0) is 22.6. The Hall–Kier alpha value is -2.38. The van der Waals surface area contributed by atoms with Crippen molar-refractivity contribution < 1.29 is 17.9 Å². The Labute approximate surface area is 185 Å². The highest BCUT2D eigenvalue weighted by Crippen LogP contribution is 2.25. The summed E-state index contributed by atoms with van der Waals surface area (Å²) in [4.78, 5) is 13.1. The van der Waals surface area contributed by atoms with Gasteiger partial charge < -0.3 is 10.1 Å². The number of hydrogen-bond acceptors (Lipinski definition) is 4. The van der Waals surface area contributed by atoms with Gasteiger partial charge >= 0.3 is 0 Å². The van der Waals surface area contributed by atoms with E-state index in [1.54, 1.807) is 12.1 Å². The van der Waals surface area contributed by atoms with E-state index in [4.69, 9.17) is 4.74 Å². The van der Waals surface area contributed by atoms with Crippen molar-refractivity contribution in [2.24, 2.45) is 5.92 Å². The Morgan fingerprint density at radius 3 is 2.42 bits per heavy atom. The average Bonchev–Trinajstić information content (AvgIpc) is 2.75. The highest BCUT2D eigenvalue weighted by Gasteiger charge is 2.29. The number of sulfonamides is 1. The summed E-state index contributed by atoms with van der Waals surface area (Å²) in [5, 5.41) is 2.98. The summed E-state index contributed by atoms with van der Waals surface area (Å²) in [5.74, 6) is 1.03. The zero-order valence-corrected chi connectivity index (χ0v) is 19.5. The van der Waals surface area contributed by atoms with Gasteiger partial charge in [-0.3, -0.25) is 4.79 Å². The second-order valence-electron chi connectivity index (χ2n) is 8.26. The fourth-order valence-electron chi connectivity index (χ4n) is 3.76. The van der Waals surface area contributed by atoms with Crippen LogP contribution in [0.3, 0.4) is 0 Å². The maximum absolute atomic E-state index is 13.1. The molecule has 7 heteroatoms. The SMILES string of the molecule is CCOc1ccc([C@@H](C)NC(=O)c2cc(S(=O)(=O)N3CCC(C)CC3)ccc2C)cc1. The molecule has 1 saturated heterocycles. The Balaban J connectivity index is 1.76. The summed E-state index contributed by atoms with van der Waals surface area (Å²) in [6.45, 7) is 9.43. The fourth-order valence-corrected chi connectivity index (χ4v) is 5.25. The van der Waals surface area contributed by atoms with Gasteiger partial charge in [-0.05, 0) is 74.9 Å². The second-order valence-corrected chi connectivity index (χ2v) is 10.2. The number of hydrogen-bond donors (Lipinski definition) is 1. The number of carbonyl (C=O) groups is 1. The molecule has 0 aromatic heterocycles. The predicted octanol–water partition coefficient (Wildman–Crippen LogP) is 4.31. The molecular formula is C24H32N2O4S. The first kappa shape index (κ1) is 23.3. The largest absolute Gasteiger partial charge is 0.494 e. The van der Waals surface area contributed by atoms with Crippen LogP contribution in [0.5, 0.6) is 5.75 Å². The molecule has 0 unspecified atom stereocenters. The van der Waals surface area contributed by atoms with Gasteiger partial charge in [0.15, 0.2) is 0 Å². The minimum atomic E-state index is -3.61. The summed E-state index contributed by atoms with van der Waals surface area (Å²) in [6.07, 6.45) is 1.72. The number of rotatable bonds is 7. The summed E-state index contributed by atoms with van der Waals surface area (Å²) in [5.41, 5.74) is 2.06. The molecule has 2 aromatic rings. The molecule has 0 radical (unpaired) electrons. The summed E-state index contributed by atoms with van der Waals surface area (Å²) in [6, 6.07) is 12.2. The van der Waals surface area contributed by atoms with E-state index in [9.17, 15) is 13.2 Å². The number of amides is 1. The summed E-state index contributed by atoms with van der Waals surface area (Å²) < 4.78 is 33.2. The van der Waals surface area contributed by atoms with E-state index < -0.39 is 10.0 Å². The quantitative estimate of drug-likeness (QED) is 0.691. The van der Waals surface area contributed by atoms with E-state index in [-0.39, 0.29) is 16.8 Å². The zero-order valence-electron chi connectivity index (χ0n) is 18.7. The Morgan fingerprint density at radius 2 is 1.81 bits per heavy atom. The Kier molecular flexibility index (Phi) is 7.38. The minimum Gasteiger partial charge on any atom is -0.494 e. The molecule has 1 heterocycles. The predicted molar refractivity (Wildman–Crippen MR) is 122 cm³/mol.